The van der Waals surface area contributed by atoms with Crippen LogP contribution in [0.4, 0.5) is 0 Å². The van der Waals surface area contributed by atoms with Crippen molar-refractivity contribution < 1.29 is 0 Å². The van der Waals surface area contributed by atoms with Crippen molar-refractivity contribution in [2.24, 2.45) is 5.73 Å². The van der Waals surface area contributed by atoms with E-state index in [0.29, 0.717) is 5.41 Å². The van der Waals surface area contributed by atoms with Gasteiger partial charge in [-0.2, -0.15) is 0 Å². The average molecular weight is 201 g/mol. The van der Waals surface area contributed by atoms with Gasteiger partial charge in [-0.05, 0) is 37.9 Å². The number of pyridine rings is 1. The monoisotopic (exact) mass is 201 g/mol. The number of imidazole rings is 1. The van der Waals surface area contributed by atoms with E-state index in [1.807, 2.05) is 18.3 Å². The number of hydrogen-bond acceptors (Lipinski definition) is 2. The van der Waals surface area contributed by atoms with Crippen LogP contribution in [0.3, 0.4) is 0 Å². The number of fused-ring (bicyclic) bond motifs is 1. The van der Waals surface area contributed by atoms with E-state index in [2.05, 4.69) is 21.6 Å². The topological polar surface area (TPSA) is 43.3 Å². The molecule has 1 aliphatic carbocycles. The lowest BCUT2D eigenvalue weighted by Gasteiger charge is -2.13. The third-order valence-electron chi connectivity index (χ3n) is 3.44. The Kier molecular flexibility index (Phi) is 1.83. The van der Waals surface area contributed by atoms with Crippen molar-refractivity contribution in [3.05, 3.63) is 36.3 Å². The van der Waals surface area contributed by atoms with E-state index < -0.39 is 0 Å². The van der Waals surface area contributed by atoms with E-state index in [9.17, 15) is 0 Å². The van der Waals surface area contributed by atoms with Crippen LogP contribution in [-0.2, 0) is 5.41 Å². The Balaban J connectivity index is 2.11. The van der Waals surface area contributed by atoms with Crippen LogP contribution in [0.5, 0.6) is 0 Å². The molecule has 3 nitrogen and oxygen atoms in total. The van der Waals surface area contributed by atoms with E-state index in [4.69, 9.17) is 5.73 Å². The highest BCUT2D eigenvalue weighted by Crippen LogP contribution is 2.50. The zero-order valence-corrected chi connectivity index (χ0v) is 8.69. The van der Waals surface area contributed by atoms with Gasteiger partial charge < -0.3 is 10.1 Å². The highest BCUT2D eigenvalue weighted by molar-refractivity contribution is 5.43. The van der Waals surface area contributed by atoms with Crippen LogP contribution in [-0.4, -0.2) is 15.9 Å². The summed E-state index contributed by atoms with van der Waals surface area (Å²) < 4.78 is 2.20. The van der Waals surface area contributed by atoms with Crippen molar-refractivity contribution in [2.75, 3.05) is 6.54 Å². The smallest absolute Gasteiger partial charge is 0.136 e. The summed E-state index contributed by atoms with van der Waals surface area (Å²) >= 11 is 0. The molecule has 0 spiro atoms. The minimum atomic E-state index is 0.329. The molecule has 0 bridgehead atoms. The van der Waals surface area contributed by atoms with Gasteiger partial charge in [0.05, 0.1) is 0 Å². The third kappa shape index (κ3) is 1.27. The Bertz CT molecular complexity index is 482. The fourth-order valence-corrected chi connectivity index (χ4v) is 2.39. The van der Waals surface area contributed by atoms with Gasteiger partial charge in [-0.1, -0.05) is 6.07 Å². The van der Waals surface area contributed by atoms with E-state index in [1.165, 1.54) is 18.5 Å². The molecule has 0 atom stereocenters. The fraction of sp³-hybridized carbons (Fsp3) is 0.417. The van der Waals surface area contributed by atoms with Crippen LogP contribution in [0.15, 0.2) is 30.6 Å². The van der Waals surface area contributed by atoms with E-state index in [-0.39, 0.29) is 0 Å². The van der Waals surface area contributed by atoms with Crippen molar-refractivity contribution in [3.8, 4) is 0 Å². The van der Waals surface area contributed by atoms with Crippen LogP contribution in [0.25, 0.3) is 5.65 Å². The molecule has 3 rings (SSSR count). The first-order valence-electron chi connectivity index (χ1n) is 5.48. The molecule has 2 aromatic heterocycles. The van der Waals surface area contributed by atoms with Gasteiger partial charge in [0.15, 0.2) is 0 Å². The van der Waals surface area contributed by atoms with Crippen molar-refractivity contribution >= 4 is 5.65 Å². The van der Waals surface area contributed by atoms with Gasteiger partial charge in [0, 0.05) is 23.5 Å². The molecule has 78 valence electrons. The van der Waals surface area contributed by atoms with Gasteiger partial charge in [0.25, 0.3) is 0 Å². The highest BCUT2D eigenvalue weighted by atomic mass is 15.0. The van der Waals surface area contributed by atoms with Gasteiger partial charge >= 0.3 is 0 Å². The lowest BCUT2D eigenvalue weighted by atomic mass is 9.99. The molecule has 0 unspecified atom stereocenters. The highest BCUT2D eigenvalue weighted by Gasteiger charge is 2.45. The van der Waals surface area contributed by atoms with Crippen LogP contribution in [0, 0.1) is 0 Å². The molecule has 3 heteroatoms. The molecule has 1 fully saturated rings. The van der Waals surface area contributed by atoms with Crippen molar-refractivity contribution in [2.45, 2.75) is 24.7 Å². The quantitative estimate of drug-likeness (QED) is 0.821. The van der Waals surface area contributed by atoms with Gasteiger partial charge in [0.1, 0.15) is 5.65 Å². The number of hydrogen-bond donors (Lipinski definition) is 1. The maximum absolute atomic E-state index is 5.68. The summed E-state index contributed by atoms with van der Waals surface area (Å²) in [4.78, 5) is 4.43. The molecule has 0 amide bonds. The number of nitrogens with two attached hydrogens (primary N) is 1. The van der Waals surface area contributed by atoms with Gasteiger partial charge in [-0.25, -0.2) is 4.98 Å². The van der Waals surface area contributed by atoms with Crippen molar-refractivity contribution in [3.63, 3.8) is 0 Å². The minimum absolute atomic E-state index is 0.329. The second kappa shape index (κ2) is 3.07. The maximum atomic E-state index is 5.68. The Morgan fingerprint density at radius 3 is 3.00 bits per heavy atom. The predicted octanol–water partition coefficient (Wildman–Crippen LogP) is 1.71. The van der Waals surface area contributed by atoms with Crippen LogP contribution in [0.1, 0.15) is 25.0 Å². The lowest BCUT2D eigenvalue weighted by Crippen LogP contribution is -2.15. The number of nitrogens with zero attached hydrogens (tertiary/aromatic N) is 2. The molecule has 0 aromatic carbocycles. The standard InChI is InChI=1S/C12H15N3/c13-7-6-12(4-5-12)10-9-14-11-3-1-2-8-15(10)11/h1-3,8-9H,4-7,13H2. The SMILES string of the molecule is NCCC1(c2cnc3ccccn23)CC1. The molecule has 2 N–H and O–H groups in total. The third-order valence-corrected chi connectivity index (χ3v) is 3.44. The number of aromatic nitrogens is 2. The molecular formula is C12H15N3. The molecule has 0 radical (unpaired) electrons. The zero-order chi connectivity index (χ0) is 10.3. The normalized spacial score (nSPS) is 18.2. The summed E-state index contributed by atoms with van der Waals surface area (Å²) in [5.74, 6) is 0. The van der Waals surface area contributed by atoms with Crippen LogP contribution >= 0.6 is 0 Å². The summed E-state index contributed by atoms with van der Waals surface area (Å²) in [5.41, 5.74) is 8.38. The summed E-state index contributed by atoms with van der Waals surface area (Å²) in [5, 5.41) is 0. The first-order valence-corrected chi connectivity index (χ1v) is 5.48. The fourth-order valence-electron chi connectivity index (χ4n) is 2.39. The zero-order valence-electron chi connectivity index (χ0n) is 8.69. The first kappa shape index (κ1) is 8.92. The molecule has 1 saturated carbocycles. The van der Waals surface area contributed by atoms with E-state index >= 15 is 0 Å². The van der Waals surface area contributed by atoms with E-state index in [1.54, 1.807) is 0 Å². The molecule has 2 heterocycles. The van der Waals surface area contributed by atoms with Crippen molar-refractivity contribution in [1.82, 2.24) is 9.38 Å². The second-order valence-corrected chi connectivity index (χ2v) is 4.39. The largest absolute Gasteiger partial charge is 0.330 e. The molecule has 2 aromatic rings. The summed E-state index contributed by atoms with van der Waals surface area (Å²) in [7, 11) is 0. The average Bonchev–Trinajstić information content (AvgIpc) is 2.91. The Morgan fingerprint density at radius 2 is 2.27 bits per heavy atom. The molecule has 0 saturated heterocycles. The molecular weight excluding hydrogens is 186 g/mol. The predicted molar refractivity (Wildman–Crippen MR) is 59.8 cm³/mol. The van der Waals surface area contributed by atoms with Crippen LogP contribution in [0.2, 0.25) is 0 Å². The Morgan fingerprint density at radius 1 is 1.40 bits per heavy atom. The maximum Gasteiger partial charge on any atom is 0.136 e. The summed E-state index contributed by atoms with van der Waals surface area (Å²) in [6, 6.07) is 6.12. The van der Waals surface area contributed by atoms with Crippen molar-refractivity contribution in [1.29, 1.82) is 0 Å². The molecule has 15 heavy (non-hydrogen) atoms. The van der Waals surface area contributed by atoms with Crippen LogP contribution < -0.4 is 5.73 Å². The van der Waals surface area contributed by atoms with Gasteiger partial charge in [0.2, 0.25) is 0 Å². The second-order valence-electron chi connectivity index (χ2n) is 4.39. The molecule has 1 aliphatic rings. The Labute approximate surface area is 88.9 Å². The molecule has 0 aliphatic heterocycles. The first-order chi connectivity index (χ1) is 7.36. The van der Waals surface area contributed by atoms with Gasteiger partial charge in [-0.3, -0.25) is 0 Å². The number of rotatable bonds is 3. The van der Waals surface area contributed by atoms with E-state index in [0.717, 1.165) is 18.6 Å². The Hall–Kier alpha value is -1.35. The summed E-state index contributed by atoms with van der Waals surface area (Å²) in [6.45, 7) is 0.764. The lowest BCUT2D eigenvalue weighted by molar-refractivity contribution is 0.605. The summed E-state index contributed by atoms with van der Waals surface area (Å²) in [6.07, 6.45) is 7.70. The minimum Gasteiger partial charge on any atom is -0.330 e. The van der Waals surface area contributed by atoms with Gasteiger partial charge in [-0.15, -0.1) is 0 Å².